The number of halogens is 1. The maximum Gasteiger partial charge on any atom is 0.256 e. The summed E-state index contributed by atoms with van der Waals surface area (Å²) < 4.78 is 19.0. The predicted molar refractivity (Wildman–Crippen MR) is 95.0 cm³/mol. The van der Waals surface area contributed by atoms with Gasteiger partial charge >= 0.3 is 0 Å². The number of fused-ring (bicyclic) bond motifs is 1. The Morgan fingerprint density at radius 2 is 1.85 bits per heavy atom. The molecule has 0 saturated carbocycles. The summed E-state index contributed by atoms with van der Waals surface area (Å²) in [5, 5.41) is 0. The molecule has 6 heteroatoms. The number of anilines is 1. The van der Waals surface area contributed by atoms with Gasteiger partial charge in [0.25, 0.3) is 5.91 Å². The molecule has 2 aliphatic heterocycles. The van der Waals surface area contributed by atoms with Crippen LogP contribution in [0.4, 0.5) is 10.1 Å². The smallest absolute Gasteiger partial charge is 0.256 e. The van der Waals surface area contributed by atoms with E-state index in [9.17, 15) is 14.0 Å². The van der Waals surface area contributed by atoms with Gasteiger partial charge in [-0.15, -0.1) is 0 Å². The molecule has 0 aliphatic carbocycles. The van der Waals surface area contributed by atoms with Gasteiger partial charge in [-0.05, 0) is 60.2 Å². The second kappa shape index (κ2) is 6.53. The lowest BCUT2D eigenvalue weighted by Gasteiger charge is -2.21. The SMILES string of the molecule is NC(=O)[C@@H]1CC[C@H](C(=O)N2CCc3cc(-c4cccc(F)c4)ccc32)O1. The van der Waals surface area contributed by atoms with Crippen molar-refractivity contribution < 1.29 is 18.7 Å². The van der Waals surface area contributed by atoms with Crippen LogP contribution < -0.4 is 10.6 Å². The molecule has 1 saturated heterocycles. The summed E-state index contributed by atoms with van der Waals surface area (Å²) >= 11 is 0. The fourth-order valence-corrected chi connectivity index (χ4v) is 3.68. The summed E-state index contributed by atoms with van der Waals surface area (Å²) in [5.74, 6) is -0.935. The topological polar surface area (TPSA) is 72.6 Å². The summed E-state index contributed by atoms with van der Waals surface area (Å²) in [4.78, 5) is 25.7. The molecule has 0 spiro atoms. The maximum absolute atomic E-state index is 13.5. The van der Waals surface area contributed by atoms with Crippen molar-refractivity contribution in [2.75, 3.05) is 11.4 Å². The predicted octanol–water partition coefficient (Wildman–Crippen LogP) is 2.41. The third-order valence-corrected chi connectivity index (χ3v) is 5.01. The first-order chi connectivity index (χ1) is 12.5. The Hall–Kier alpha value is -2.73. The van der Waals surface area contributed by atoms with Crippen LogP contribution in [0.15, 0.2) is 42.5 Å². The number of carbonyl (C=O) groups is 2. The third kappa shape index (κ3) is 2.97. The zero-order valence-electron chi connectivity index (χ0n) is 14.2. The largest absolute Gasteiger partial charge is 0.367 e. The molecule has 2 aromatic carbocycles. The number of hydrogen-bond acceptors (Lipinski definition) is 3. The van der Waals surface area contributed by atoms with Crippen molar-refractivity contribution in [2.45, 2.75) is 31.5 Å². The van der Waals surface area contributed by atoms with Crippen molar-refractivity contribution in [3.63, 3.8) is 0 Å². The first kappa shape index (κ1) is 16.7. The fourth-order valence-electron chi connectivity index (χ4n) is 3.68. The van der Waals surface area contributed by atoms with Crippen LogP contribution in [0.5, 0.6) is 0 Å². The lowest BCUT2D eigenvalue weighted by atomic mass is 10.0. The normalized spacial score (nSPS) is 21.7. The first-order valence-corrected chi connectivity index (χ1v) is 8.68. The van der Waals surface area contributed by atoms with Gasteiger partial charge in [-0.25, -0.2) is 4.39 Å². The standard InChI is InChI=1S/C20H19FN2O3/c21-15-3-1-2-12(11-15)13-4-5-16-14(10-13)8-9-23(16)20(25)18-7-6-17(26-18)19(22)24/h1-5,10-11,17-18H,6-9H2,(H2,22,24)/t17-,18+/m0/s1. The minimum absolute atomic E-state index is 0.133. The second-order valence-electron chi connectivity index (χ2n) is 6.69. The Balaban J connectivity index is 1.55. The van der Waals surface area contributed by atoms with E-state index in [2.05, 4.69) is 0 Å². The number of nitrogens with two attached hydrogens (primary N) is 1. The van der Waals surface area contributed by atoms with Gasteiger partial charge in [0, 0.05) is 12.2 Å². The highest BCUT2D eigenvalue weighted by Gasteiger charge is 2.38. The number of hydrogen-bond donors (Lipinski definition) is 1. The summed E-state index contributed by atoms with van der Waals surface area (Å²) in [6.07, 6.45) is 0.406. The van der Waals surface area contributed by atoms with Gasteiger partial charge in [-0.2, -0.15) is 0 Å². The number of amides is 2. The molecule has 2 aromatic rings. The molecule has 134 valence electrons. The van der Waals surface area contributed by atoms with E-state index >= 15 is 0 Å². The highest BCUT2D eigenvalue weighted by atomic mass is 19.1. The molecule has 2 aliphatic rings. The van der Waals surface area contributed by atoms with E-state index in [-0.39, 0.29) is 11.7 Å². The van der Waals surface area contributed by atoms with E-state index in [0.29, 0.717) is 19.4 Å². The van der Waals surface area contributed by atoms with E-state index < -0.39 is 18.1 Å². The number of rotatable bonds is 3. The molecule has 0 aromatic heterocycles. The lowest BCUT2D eigenvalue weighted by molar-refractivity contribution is -0.135. The molecule has 2 N–H and O–H groups in total. The molecule has 2 amide bonds. The van der Waals surface area contributed by atoms with E-state index in [1.165, 1.54) is 12.1 Å². The highest BCUT2D eigenvalue weighted by Crippen LogP contribution is 2.34. The average molecular weight is 354 g/mol. The Morgan fingerprint density at radius 1 is 1.08 bits per heavy atom. The monoisotopic (exact) mass is 354 g/mol. The van der Waals surface area contributed by atoms with Gasteiger partial charge in [-0.1, -0.05) is 18.2 Å². The van der Waals surface area contributed by atoms with Crippen LogP contribution in [0.25, 0.3) is 11.1 Å². The Bertz CT molecular complexity index is 883. The molecule has 2 heterocycles. The van der Waals surface area contributed by atoms with Crippen LogP contribution in [0, 0.1) is 5.82 Å². The number of carbonyl (C=O) groups excluding carboxylic acids is 2. The Labute approximate surface area is 150 Å². The summed E-state index contributed by atoms with van der Waals surface area (Å²) in [6, 6.07) is 12.2. The maximum atomic E-state index is 13.5. The molecule has 5 nitrogen and oxygen atoms in total. The number of primary amides is 1. The number of nitrogens with zero attached hydrogens (tertiary/aromatic N) is 1. The molecular weight excluding hydrogens is 335 g/mol. The quantitative estimate of drug-likeness (QED) is 0.920. The van der Waals surface area contributed by atoms with Gasteiger partial charge in [0.1, 0.15) is 18.0 Å². The minimum Gasteiger partial charge on any atom is -0.367 e. The van der Waals surface area contributed by atoms with Crippen LogP contribution in [-0.4, -0.2) is 30.6 Å². The highest BCUT2D eigenvalue weighted by molar-refractivity contribution is 5.99. The van der Waals surface area contributed by atoms with Gasteiger partial charge < -0.3 is 15.4 Å². The summed E-state index contributed by atoms with van der Waals surface area (Å²) in [7, 11) is 0. The summed E-state index contributed by atoms with van der Waals surface area (Å²) in [6.45, 7) is 0.571. The van der Waals surface area contributed by atoms with Crippen LogP contribution >= 0.6 is 0 Å². The number of benzene rings is 2. The van der Waals surface area contributed by atoms with E-state index in [1.54, 1.807) is 11.0 Å². The van der Waals surface area contributed by atoms with Crippen molar-refractivity contribution in [3.8, 4) is 11.1 Å². The van der Waals surface area contributed by atoms with E-state index in [1.807, 2.05) is 24.3 Å². The van der Waals surface area contributed by atoms with Gasteiger partial charge in [0.05, 0.1) is 0 Å². The first-order valence-electron chi connectivity index (χ1n) is 8.68. The second-order valence-corrected chi connectivity index (χ2v) is 6.69. The Kier molecular flexibility index (Phi) is 4.20. The molecule has 0 radical (unpaired) electrons. The summed E-state index contributed by atoms with van der Waals surface area (Å²) in [5.41, 5.74) is 8.88. The van der Waals surface area contributed by atoms with Crippen molar-refractivity contribution in [1.82, 2.24) is 0 Å². The molecule has 26 heavy (non-hydrogen) atoms. The van der Waals surface area contributed by atoms with E-state index in [4.69, 9.17) is 10.5 Å². The van der Waals surface area contributed by atoms with Crippen molar-refractivity contribution in [3.05, 3.63) is 53.8 Å². The minimum atomic E-state index is -0.679. The van der Waals surface area contributed by atoms with Crippen LogP contribution in [0.2, 0.25) is 0 Å². The molecule has 0 bridgehead atoms. The van der Waals surface area contributed by atoms with E-state index in [0.717, 1.165) is 28.8 Å². The molecule has 0 unspecified atom stereocenters. The number of ether oxygens (including phenoxy) is 1. The fraction of sp³-hybridized carbons (Fsp3) is 0.300. The van der Waals surface area contributed by atoms with Gasteiger partial charge in [0.15, 0.2) is 0 Å². The van der Waals surface area contributed by atoms with Crippen molar-refractivity contribution >= 4 is 17.5 Å². The van der Waals surface area contributed by atoms with Crippen LogP contribution in [0.3, 0.4) is 0 Å². The lowest BCUT2D eigenvalue weighted by Crippen LogP contribution is -2.39. The molecule has 1 fully saturated rings. The average Bonchev–Trinajstić information content (AvgIpc) is 3.28. The molecular formula is C20H19FN2O3. The zero-order chi connectivity index (χ0) is 18.3. The molecule has 4 rings (SSSR count). The van der Waals surface area contributed by atoms with Crippen LogP contribution in [-0.2, 0) is 20.7 Å². The van der Waals surface area contributed by atoms with Gasteiger partial charge in [0.2, 0.25) is 5.91 Å². The zero-order valence-corrected chi connectivity index (χ0v) is 14.2. The van der Waals surface area contributed by atoms with Crippen molar-refractivity contribution in [1.29, 1.82) is 0 Å². The van der Waals surface area contributed by atoms with Gasteiger partial charge in [-0.3, -0.25) is 9.59 Å². The Morgan fingerprint density at radius 3 is 2.58 bits per heavy atom. The van der Waals surface area contributed by atoms with Crippen LogP contribution in [0.1, 0.15) is 18.4 Å². The van der Waals surface area contributed by atoms with Crippen molar-refractivity contribution in [2.24, 2.45) is 5.73 Å². The third-order valence-electron chi connectivity index (χ3n) is 5.01. The molecule has 2 atom stereocenters.